The number of hydrogen-bond donors (Lipinski definition) is 2. The summed E-state index contributed by atoms with van der Waals surface area (Å²) in [6.45, 7) is 4.39. The molecule has 1 aromatic carbocycles. The zero-order valence-corrected chi connectivity index (χ0v) is 11.8. The van der Waals surface area contributed by atoms with E-state index in [4.69, 9.17) is 10.5 Å². The van der Waals surface area contributed by atoms with Crippen LogP contribution in [0.15, 0.2) is 24.3 Å². The molecular formula is C13H21ClN2O2. The molecule has 0 radical (unpaired) electrons. The van der Waals surface area contributed by atoms with Crippen molar-refractivity contribution in [2.24, 2.45) is 5.73 Å². The van der Waals surface area contributed by atoms with E-state index in [1.165, 1.54) is 12.7 Å². The first-order valence-electron chi connectivity index (χ1n) is 5.72. The highest BCUT2D eigenvalue weighted by Gasteiger charge is 2.15. The highest BCUT2D eigenvalue weighted by molar-refractivity contribution is 5.94. The second kappa shape index (κ2) is 8.08. The molecule has 0 fully saturated rings. The van der Waals surface area contributed by atoms with Gasteiger partial charge in [-0.15, -0.1) is 12.4 Å². The largest absolute Gasteiger partial charge is 0.370 e. The third-order valence-corrected chi connectivity index (χ3v) is 2.61. The number of carbonyl (C=O) groups excluding carboxylic acids is 1. The Hall–Kier alpha value is -1.10. The fourth-order valence-electron chi connectivity index (χ4n) is 1.51. The number of methoxy groups -OCH3 is 1. The summed E-state index contributed by atoms with van der Waals surface area (Å²) in [5, 5.41) is 2.80. The van der Waals surface area contributed by atoms with E-state index in [1.54, 1.807) is 0 Å². The summed E-state index contributed by atoms with van der Waals surface area (Å²) in [4.78, 5) is 11.7. The highest BCUT2D eigenvalue weighted by Crippen LogP contribution is 2.18. The topological polar surface area (TPSA) is 64.3 Å². The van der Waals surface area contributed by atoms with E-state index in [1.807, 2.05) is 24.3 Å². The van der Waals surface area contributed by atoms with Gasteiger partial charge in [-0.1, -0.05) is 26.0 Å². The lowest BCUT2D eigenvalue weighted by Crippen LogP contribution is -2.35. The van der Waals surface area contributed by atoms with E-state index >= 15 is 0 Å². The number of hydrogen-bond acceptors (Lipinski definition) is 3. The molecule has 0 spiro atoms. The zero-order chi connectivity index (χ0) is 12.8. The van der Waals surface area contributed by atoms with Gasteiger partial charge in [-0.3, -0.25) is 4.79 Å². The lowest BCUT2D eigenvalue weighted by atomic mass is 10.0. The molecule has 1 unspecified atom stereocenters. The Balaban J connectivity index is 0.00000289. The minimum Gasteiger partial charge on any atom is -0.370 e. The molecule has 0 aliphatic rings. The first-order valence-corrected chi connectivity index (χ1v) is 5.72. The maximum Gasteiger partial charge on any atom is 0.254 e. The van der Waals surface area contributed by atoms with E-state index in [0.717, 1.165) is 5.69 Å². The van der Waals surface area contributed by atoms with E-state index < -0.39 is 6.10 Å². The molecular weight excluding hydrogens is 252 g/mol. The zero-order valence-electron chi connectivity index (χ0n) is 11.0. The standard InChI is InChI=1S/C13H20N2O2.ClH/c1-9(2)10-5-4-6-11(7-10)15-13(16)12(8-14)17-3;/h4-7,9,12H,8,14H2,1-3H3,(H,15,16);1H. The minimum absolute atomic E-state index is 0. The molecule has 1 atom stereocenters. The van der Waals surface area contributed by atoms with Crippen LogP contribution in [0.1, 0.15) is 25.3 Å². The van der Waals surface area contributed by atoms with Crippen LogP contribution in [0.25, 0.3) is 0 Å². The van der Waals surface area contributed by atoms with Gasteiger partial charge in [-0.05, 0) is 23.6 Å². The monoisotopic (exact) mass is 272 g/mol. The normalized spacial score (nSPS) is 11.8. The van der Waals surface area contributed by atoms with Crippen molar-refractivity contribution in [3.8, 4) is 0 Å². The highest BCUT2D eigenvalue weighted by atomic mass is 35.5. The van der Waals surface area contributed by atoms with Crippen molar-refractivity contribution < 1.29 is 9.53 Å². The predicted molar refractivity (Wildman–Crippen MR) is 76.3 cm³/mol. The fourth-order valence-corrected chi connectivity index (χ4v) is 1.51. The van der Waals surface area contributed by atoms with Gasteiger partial charge in [0.1, 0.15) is 6.10 Å². The quantitative estimate of drug-likeness (QED) is 0.863. The summed E-state index contributed by atoms with van der Waals surface area (Å²) in [5.74, 6) is 0.218. The van der Waals surface area contributed by atoms with Crippen LogP contribution in [0.3, 0.4) is 0 Å². The SMILES string of the molecule is COC(CN)C(=O)Nc1cccc(C(C)C)c1.Cl. The molecule has 0 aliphatic carbocycles. The molecule has 0 saturated carbocycles. The molecule has 0 saturated heterocycles. The van der Waals surface area contributed by atoms with Crippen molar-refractivity contribution >= 4 is 24.0 Å². The molecule has 102 valence electrons. The molecule has 4 nitrogen and oxygen atoms in total. The molecule has 5 heteroatoms. The molecule has 18 heavy (non-hydrogen) atoms. The van der Waals surface area contributed by atoms with Crippen LogP contribution >= 0.6 is 12.4 Å². The number of halogens is 1. The van der Waals surface area contributed by atoms with Crippen LogP contribution < -0.4 is 11.1 Å². The van der Waals surface area contributed by atoms with Crippen molar-refractivity contribution in [1.29, 1.82) is 0 Å². The number of nitrogens with two attached hydrogens (primary N) is 1. The van der Waals surface area contributed by atoms with E-state index in [9.17, 15) is 4.79 Å². The van der Waals surface area contributed by atoms with E-state index in [-0.39, 0.29) is 24.9 Å². The van der Waals surface area contributed by atoms with Crippen molar-refractivity contribution in [3.63, 3.8) is 0 Å². The number of carbonyl (C=O) groups is 1. The molecule has 1 aromatic rings. The summed E-state index contributed by atoms with van der Waals surface area (Å²) in [7, 11) is 1.47. The number of nitrogens with one attached hydrogen (secondary N) is 1. The molecule has 1 rings (SSSR count). The van der Waals surface area contributed by atoms with Gasteiger partial charge in [0.2, 0.25) is 0 Å². The van der Waals surface area contributed by atoms with Gasteiger partial charge in [0.25, 0.3) is 5.91 Å². The van der Waals surface area contributed by atoms with Gasteiger partial charge in [0.05, 0.1) is 0 Å². The Kier molecular flexibility index (Phi) is 7.59. The van der Waals surface area contributed by atoms with Crippen LogP contribution in [0.2, 0.25) is 0 Å². The summed E-state index contributed by atoms with van der Waals surface area (Å²) in [5.41, 5.74) is 7.39. The number of anilines is 1. The van der Waals surface area contributed by atoms with Gasteiger partial charge in [-0.25, -0.2) is 0 Å². The van der Waals surface area contributed by atoms with Crippen LogP contribution in [0, 0.1) is 0 Å². The summed E-state index contributed by atoms with van der Waals surface area (Å²) in [6.07, 6.45) is -0.599. The van der Waals surface area contributed by atoms with E-state index in [2.05, 4.69) is 19.2 Å². The van der Waals surface area contributed by atoms with Crippen LogP contribution in [-0.2, 0) is 9.53 Å². The summed E-state index contributed by atoms with van der Waals surface area (Å²) < 4.78 is 4.97. The lowest BCUT2D eigenvalue weighted by Gasteiger charge is -2.14. The average molecular weight is 273 g/mol. The molecule has 0 aromatic heterocycles. The summed E-state index contributed by atoms with van der Waals surface area (Å²) >= 11 is 0. The van der Waals surface area contributed by atoms with Crippen molar-refractivity contribution in [1.82, 2.24) is 0 Å². The second-order valence-corrected chi connectivity index (χ2v) is 4.23. The number of rotatable bonds is 5. The lowest BCUT2D eigenvalue weighted by molar-refractivity contribution is -0.125. The Morgan fingerprint density at radius 1 is 1.44 bits per heavy atom. The molecule has 3 N–H and O–H groups in total. The van der Waals surface area contributed by atoms with Gasteiger partial charge < -0.3 is 15.8 Å². The Bertz CT molecular complexity index is 379. The maximum absolute atomic E-state index is 11.7. The third kappa shape index (κ3) is 4.64. The van der Waals surface area contributed by atoms with Gasteiger partial charge in [0.15, 0.2) is 0 Å². The Morgan fingerprint density at radius 3 is 2.61 bits per heavy atom. The van der Waals surface area contributed by atoms with E-state index in [0.29, 0.717) is 5.92 Å². The Morgan fingerprint density at radius 2 is 2.11 bits per heavy atom. The molecule has 0 heterocycles. The van der Waals surface area contributed by atoms with Crippen LogP contribution in [0.5, 0.6) is 0 Å². The predicted octanol–water partition coefficient (Wildman–Crippen LogP) is 2.14. The van der Waals surface area contributed by atoms with Gasteiger partial charge >= 0.3 is 0 Å². The molecule has 0 aliphatic heterocycles. The maximum atomic E-state index is 11.7. The number of ether oxygens (including phenoxy) is 1. The molecule has 1 amide bonds. The summed E-state index contributed by atoms with van der Waals surface area (Å²) in [6, 6.07) is 7.78. The minimum atomic E-state index is -0.599. The first kappa shape index (κ1) is 16.9. The Labute approximate surface area is 114 Å². The smallest absolute Gasteiger partial charge is 0.254 e. The van der Waals surface area contributed by atoms with Crippen molar-refractivity contribution in [2.45, 2.75) is 25.9 Å². The van der Waals surface area contributed by atoms with Gasteiger partial charge in [0, 0.05) is 19.3 Å². The first-order chi connectivity index (χ1) is 8.08. The fraction of sp³-hybridized carbons (Fsp3) is 0.462. The second-order valence-electron chi connectivity index (χ2n) is 4.23. The third-order valence-electron chi connectivity index (χ3n) is 2.61. The average Bonchev–Trinajstić information content (AvgIpc) is 2.30. The van der Waals surface area contributed by atoms with Crippen molar-refractivity contribution in [2.75, 3.05) is 19.0 Å². The number of amides is 1. The van der Waals surface area contributed by atoms with Crippen LogP contribution in [-0.4, -0.2) is 25.7 Å². The molecule has 0 bridgehead atoms. The van der Waals surface area contributed by atoms with Crippen LogP contribution in [0.4, 0.5) is 5.69 Å². The van der Waals surface area contributed by atoms with Crippen molar-refractivity contribution in [3.05, 3.63) is 29.8 Å². The number of benzene rings is 1. The van der Waals surface area contributed by atoms with Gasteiger partial charge in [-0.2, -0.15) is 0 Å².